The van der Waals surface area contributed by atoms with Gasteiger partial charge >= 0.3 is 0 Å². The molecule has 0 saturated heterocycles. The van der Waals surface area contributed by atoms with Crippen LogP contribution in [0.4, 0.5) is 0 Å². The highest BCUT2D eigenvalue weighted by Crippen LogP contribution is 2.34. The van der Waals surface area contributed by atoms with Crippen molar-refractivity contribution < 1.29 is 4.42 Å². The number of benzene rings is 1. The van der Waals surface area contributed by atoms with Crippen molar-refractivity contribution >= 4 is 21.6 Å². The number of hydrogen-bond donors (Lipinski definition) is 0. The lowest BCUT2D eigenvalue weighted by Gasteiger charge is -2.03. The Kier molecular flexibility index (Phi) is 3.31. The van der Waals surface area contributed by atoms with Crippen molar-refractivity contribution in [2.75, 3.05) is 0 Å². The first-order valence-electron chi connectivity index (χ1n) is 8.29. The Labute approximate surface area is 147 Å². The number of oxazole rings is 1. The molecule has 5 nitrogen and oxygen atoms in total. The molecule has 3 heterocycles. The summed E-state index contributed by atoms with van der Waals surface area (Å²) in [5, 5.41) is 0.787. The van der Waals surface area contributed by atoms with Crippen molar-refractivity contribution in [2.45, 2.75) is 25.8 Å². The molecular formula is C19H15N3O2S. The van der Waals surface area contributed by atoms with Gasteiger partial charge in [0, 0.05) is 10.4 Å². The molecule has 1 aliphatic carbocycles. The quantitative estimate of drug-likeness (QED) is 0.566. The molecule has 6 heteroatoms. The summed E-state index contributed by atoms with van der Waals surface area (Å²) < 4.78 is 7.41. The average molecular weight is 349 g/mol. The minimum Gasteiger partial charge on any atom is -0.439 e. The van der Waals surface area contributed by atoms with Crippen LogP contribution in [-0.4, -0.2) is 14.5 Å². The van der Waals surface area contributed by atoms with Gasteiger partial charge in [0.2, 0.25) is 5.89 Å². The van der Waals surface area contributed by atoms with Gasteiger partial charge < -0.3 is 4.42 Å². The van der Waals surface area contributed by atoms with E-state index in [2.05, 4.69) is 9.97 Å². The van der Waals surface area contributed by atoms with Crippen LogP contribution >= 0.6 is 11.3 Å². The molecule has 0 aliphatic heterocycles. The van der Waals surface area contributed by atoms with Gasteiger partial charge in [-0.3, -0.25) is 9.36 Å². The Hall–Kier alpha value is -2.73. The van der Waals surface area contributed by atoms with Gasteiger partial charge in [-0.15, -0.1) is 11.3 Å². The zero-order valence-electron chi connectivity index (χ0n) is 13.4. The van der Waals surface area contributed by atoms with Crippen LogP contribution in [0.1, 0.15) is 22.8 Å². The lowest BCUT2D eigenvalue weighted by molar-refractivity contribution is 0.484. The molecule has 0 spiro atoms. The summed E-state index contributed by atoms with van der Waals surface area (Å²) in [5.41, 5.74) is 2.17. The Morgan fingerprint density at radius 1 is 1.16 bits per heavy atom. The standard InChI is InChI=1S/C19H15N3O2S/c23-19-17-13-7-4-8-15(13)25-18(17)21-11-22(19)10-16-20-9-14(24-16)12-5-2-1-3-6-12/h1-3,5-6,9,11H,4,7-8,10H2. The Morgan fingerprint density at radius 2 is 2.04 bits per heavy atom. The first-order valence-corrected chi connectivity index (χ1v) is 9.11. The van der Waals surface area contributed by atoms with Gasteiger partial charge in [0.1, 0.15) is 11.4 Å². The summed E-state index contributed by atoms with van der Waals surface area (Å²) in [5.74, 6) is 1.21. The molecule has 1 aliphatic rings. The van der Waals surface area contributed by atoms with E-state index in [1.165, 1.54) is 10.4 Å². The van der Waals surface area contributed by atoms with Crippen molar-refractivity contribution in [3.05, 3.63) is 69.5 Å². The molecule has 0 atom stereocenters. The third kappa shape index (κ3) is 2.41. The molecule has 3 aromatic heterocycles. The second-order valence-corrected chi connectivity index (χ2v) is 7.28. The summed E-state index contributed by atoms with van der Waals surface area (Å²) in [6.07, 6.45) is 6.47. The predicted octanol–water partition coefficient (Wildman–Crippen LogP) is 3.65. The molecule has 0 unspecified atom stereocenters. The van der Waals surface area contributed by atoms with Gasteiger partial charge in [-0.05, 0) is 24.8 Å². The molecule has 0 fully saturated rings. The van der Waals surface area contributed by atoms with E-state index in [1.54, 1.807) is 28.4 Å². The fourth-order valence-electron chi connectivity index (χ4n) is 3.40. The van der Waals surface area contributed by atoms with Crippen LogP contribution < -0.4 is 5.56 Å². The van der Waals surface area contributed by atoms with Crippen LogP contribution in [0.2, 0.25) is 0 Å². The maximum absolute atomic E-state index is 12.9. The van der Waals surface area contributed by atoms with Crippen molar-refractivity contribution in [1.82, 2.24) is 14.5 Å². The predicted molar refractivity (Wildman–Crippen MR) is 96.9 cm³/mol. The van der Waals surface area contributed by atoms with E-state index in [9.17, 15) is 4.79 Å². The minimum atomic E-state index is 0.00358. The van der Waals surface area contributed by atoms with Crippen LogP contribution in [0, 0.1) is 0 Å². The lowest BCUT2D eigenvalue weighted by Crippen LogP contribution is -2.21. The number of hydrogen-bond acceptors (Lipinski definition) is 5. The number of rotatable bonds is 3. The number of fused-ring (bicyclic) bond motifs is 3. The summed E-state index contributed by atoms with van der Waals surface area (Å²) in [6, 6.07) is 9.81. The third-order valence-corrected chi connectivity index (χ3v) is 5.81. The summed E-state index contributed by atoms with van der Waals surface area (Å²) in [7, 11) is 0. The number of aromatic nitrogens is 3. The average Bonchev–Trinajstić information content (AvgIpc) is 3.34. The van der Waals surface area contributed by atoms with Crippen molar-refractivity contribution in [2.24, 2.45) is 0 Å². The van der Waals surface area contributed by atoms with E-state index in [1.807, 2.05) is 30.3 Å². The maximum Gasteiger partial charge on any atom is 0.262 e. The molecule has 0 radical (unpaired) electrons. The van der Waals surface area contributed by atoms with Gasteiger partial charge in [-0.2, -0.15) is 0 Å². The molecule has 0 bridgehead atoms. The molecule has 0 saturated carbocycles. The topological polar surface area (TPSA) is 60.9 Å². The van der Waals surface area contributed by atoms with Crippen LogP contribution in [0.25, 0.3) is 21.5 Å². The first kappa shape index (κ1) is 14.6. The summed E-state index contributed by atoms with van der Waals surface area (Å²) in [4.78, 5) is 23.9. The van der Waals surface area contributed by atoms with Crippen molar-refractivity contribution in [3.8, 4) is 11.3 Å². The molecule has 25 heavy (non-hydrogen) atoms. The maximum atomic E-state index is 12.9. The lowest BCUT2D eigenvalue weighted by atomic mass is 10.2. The molecule has 124 valence electrons. The van der Waals surface area contributed by atoms with E-state index < -0.39 is 0 Å². The zero-order chi connectivity index (χ0) is 16.8. The van der Waals surface area contributed by atoms with Crippen LogP contribution in [0.3, 0.4) is 0 Å². The fourth-order valence-corrected chi connectivity index (χ4v) is 4.62. The monoisotopic (exact) mass is 349 g/mol. The van der Waals surface area contributed by atoms with Gasteiger partial charge in [0.05, 0.1) is 17.9 Å². The SMILES string of the molecule is O=c1c2c3c(sc2ncn1Cc1ncc(-c2ccccc2)o1)CCC3. The Bertz CT molecular complexity index is 1120. The summed E-state index contributed by atoms with van der Waals surface area (Å²) >= 11 is 1.65. The Balaban J connectivity index is 1.52. The molecule has 1 aromatic carbocycles. The third-order valence-electron chi connectivity index (χ3n) is 4.61. The second-order valence-electron chi connectivity index (χ2n) is 6.20. The fraction of sp³-hybridized carbons (Fsp3) is 0.211. The first-order chi connectivity index (χ1) is 12.3. The van der Waals surface area contributed by atoms with Crippen molar-refractivity contribution in [3.63, 3.8) is 0 Å². The van der Waals surface area contributed by atoms with Gasteiger partial charge in [-0.25, -0.2) is 9.97 Å². The van der Waals surface area contributed by atoms with Gasteiger partial charge in [0.15, 0.2) is 5.76 Å². The normalized spacial score (nSPS) is 13.4. The highest BCUT2D eigenvalue weighted by Gasteiger charge is 2.21. The van der Waals surface area contributed by atoms with Crippen LogP contribution in [0.5, 0.6) is 0 Å². The highest BCUT2D eigenvalue weighted by atomic mass is 32.1. The molecule has 0 N–H and O–H groups in total. The van der Waals surface area contributed by atoms with E-state index in [0.717, 1.165) is 35.0 Å². The van der Waals surface area contributed by atoms with E-state index in [0.29, 0.717) is 18.2 Å². The molecule has 4 aromatic rings. The molecule has 0 amide bonds. The van der Waals surface area contributed by atoms with E-state index >= 15 is 0 Å². The number of thiophene rings is 1. The van der Waals surface area contributed by atoms with Gasteiger partial charge in [0.25, 0.3) is 5.56 Å². The van der Waals surface area contributed by atoms with Gasteiger partial charge in [-0.1, -0.05) is 30.3 Å². The van der Waals surface area contributed by atoms with Crippen LogP contribution in [0.15, 0.2) is 52.1 Å². The molecule has 5 rings (SSSR count). The van der Waals surface area contributed by atoms with E-state index in [4.69, 9.17) is 4.42 Å². The largest absolute Gasteiger partial charge is 0.439 e. The number of aryl methyl sites for hydroxylation is 2. The molecular weight excluding hydrogens is 334 g/mol. The Morgan fingerprint density at radius 3 is 2.92 bits per heavy atom. The number of nitrogens with zero attached hydrogens (tertiary/aromatic N) is 3. The van der Waals surface area contributed by atoms with Crippen LogP contribution in [-0.2, 0) is 19.4 Å². The zero-order valence-corrected chi connectivity index (χ0v) is 14.3. The van der Waals surface area contributed by atoms with Crippen molar-refractivity contribution in [1.29, 1.82) is 0 Å². The second kappa shape index (κ2) is 5.67. The highest BCUT2D eigenvalue weighted by molar-refractivity contribution is 7.18. The summed E-state index contributed by atoms with van der Waals surface area (Å²) in [6.45, 7) is 0.291. The smallest absolute Gasteiger partial charge is 0.262 e. The van der Waals surface area contributed by atoms with E-state index in [-0.39, 0.29) is 5.56 Å². The minimum absolute atomic E-state index is 0.00358.